The molecule has 0 saturated carbocycles. The fraction of sp³-hybridized carbons (Fsp3) is 0.778. The molecule has 0 spiro atoms. The van der Waals surface area contributed by atoms with Crippen molar-refractivity contribution in [2.45, 2.75) is 32.6 Å². The fourth-order valence-electron chi connectivity index (χ4n) is 0.808. The van der Waals surface area contributed by atoms with E-state index in [4.69, 9.17) is 0 Å². The predicted octanol–water partition coefficient (Wildman–Crippen LogP) is -3.06. The first-order valence-electron chi connectivity index (χ1n) is 4.05. The molecule has 0 atom stereocenters. The Morgan fingerprint density at radius 2 is 1.83 bits per heavy atom. The standard InChI is InChI=1S/C9H17N.2Li/c1-3-5-6-7-9-10-8-4-2;;/h2-3,5-9H2,1H3;;/q-2;2*+1. The summed E-state index contributed by atoms with van der Waals surface area (Å²) in [4.78, 5) is 0. The molecule has 0 rings (SSSR count). The van der Waals surface area contributed by atoms with Crippen LogP contribution in [-0.4, -0.2) is 13.1 Å². The van der Waals surface area contributed by atoms with Crippen molar-refractivity contribution in [2.75, 3.05) is 13.1 Å². The Morgan fingerprint density at radius 3 is 2.33 bits per heavy atom. The molecule has 0 aromatic carbocycles. The maximum Gasteiger partial charge on any atom is 1.00 e. The number of hydrogen-bond acceptors (Lipinski definition) is 0. The summed E-state index contributed by atoms with van der Waals surface area (Å²) in [7, 11) is 0. The van der Waals surface area contributed by atoms with Crippen LogP contribution in [0, 0.1) is 6.08 Å². The van der Waals surface area contributed by atoms with E-state index in [0.717, 1.165) is 6.54 Å². The summed E-state index contributed by atoms with van der Waals surface area (Å²) in [5.74, 6) is 0. The summed E-state index contributed by atoms with van der Waals surface area (Å²) in [5, 5.41) is 4.19. The SMILES string of the molecule is C=[C-]C[N-]CCCCCC.[Li+].[Li+]. The first-order chi connectivity index (χ1) is 4.91. The summed E-state index contributed by atoms with van der Waals surface area (Å²) < 4.78 is 0. The first-order valence-corrected chi connectivity index (χ1v) is 4.05. The predicted molar refractivity (Wildman–Crippen MR) is 46.1 cm³/mol. The largest absolute Gasteiger partial charge is 1.00 e. The normalized spacial score (nSPS) is 8.08. The van der Waals surface area contributed by atoms with E-state index in [-0.39, 0.29) is 37.7 Å². The summed E-state index contributed by atoms with van der Waals surface area (Å²) in [6.07, 6.45) is 7.93. The second-order valence-corrected chi connectivity index (χ2v) is 2.42. The summed E-state index contributed by atoms with van der Waals surface area (Å²) >= 11 is 0. The van der Waals surface area contributed by atoms with Gasteiger partial charge in [0.2, 0.25) is 0 Å². The average Bonchev–Trinajstić information content (AvgIpc) is 1.97. The summed E-state index contributed by atoms with van der Waals surface area (Å²) in [6.45, 7) is 7.38. The van der Waals surface area contributed by atoms with Crippen molar-refractivity contribution >= 4 is 0 Å². The minimum atomic E-state index is 0. The van der Waals surface area contributed by atoms with Crippen molar-refractivity contribution in [3.63, 3.8) is 0 Å². The van der Waals surface area contributed by atoms with Gasteiger partial charge < -0.3 is 11.4 Å². The quantitative estimate of drug-likeness (QED) is 0.209. The summed E-state index contributed by atoms with van der Waals surface area (Å²) in [5.41, 5.74) is 0. The van der Waals surface area contributed by atoms with Crippen molar-refractivity contribution in [3.8, 4) is 0 Å². The number of rotatable bonds is 7. The van der Waals surface area contributed by atoms with Crippen LogP contribution in [0.3, 0.4) is 0 Å². The van der Waals surface area contributed by atoms with E-state index in [2.05, 4.69) is 24.9 Å². The van der Waals surface area contributed by atoms with Crippen LogP contribution >= 0.6 is 0 Å². The van der Waals surface area contributed by atoms with E-state index in [0.29, 0.717) is 6.54 Å². The van der Waals surface area contributed by atoms with Crippen LogP contribution in [0.15, 0.2) is 6.58 Å². The van der Waals surface area contributed by atoms with Crippen LogP contribution in [0.4, 0.5) is 0 Å². The van der Waals surface area contributed by atoms with Crippen molar-refractivity contribution in [3.05, 3.63) is 18.0 Å². The second kappa shape index (κ2) is 17.8. The van der Waals surface area contributed by atoms with Gasteiger partial charge in [0.25, 0.3) is 0 Å². The van der Waals surface area contributed by atoms with Gasteiger partial charge in [0.15, 0.2) is 0 Å². The maximum absolute atomic E-state index is 4.19. The van der Waals surface area contributed by atoms with Gasteiger partial charge in [-0.1, -0.05) is 32.6 Å². The van der Waals surface area contributed by atoms with Gasteiger partial charge in [-0.15, -0.1) is 0 Å². The molecule has 0 bridgehead atoms. The van der Waals surface area contributed by atoms with Gasteiger partial charge in [-0.25, -0.2) is 0 Å². The van der Waals surface area contributed by atoms with Crippen molar-refractivity contribution in [2.24, 2.45) is 0 Å². The van der Waals surface area contributed by atoms with Crippen LogP contribution in [0.5, 0.6) is 0 Å². The van der Waals surface area contributed by atoms with Crippen LogP contribution in [0.1, 0.15) is 32.6 Å². The molecule has 0 saturated heterocycles. The van der Waals surface area contributed by atoms with Crippen molar-refractivity contribution in [1.82, 2.24) is 0 Å². The van der Waals surface area contributed by atoms with E-state index in [1.807, 2.05) is 0 Å². The zero-order chi connectivity index (χ0) is 7.66. The molecule has 3 heteroatoms. The van der Waals surface area contributed by atoms with Crippen molar-refractivity contribution < 1.29 is 37.7 Å². The van der Waals surface area contributed by atoms with Gasteiger partial charge in [-0.05, 0) is 0 Å². The third-order valence-electron chi connectivity index (χ3n) is 1.39. The molecule has 0 heterocycles. The smallest absolute Gasteiger partial charge is 0.688 e. The average molecular weight is 153 g/mol. The van der Waals surface area contributed by atoms with Crippen LogP contribution in [0.25, 0.3) is 5.32 Å². The monoisotopic (exact) mass is 153 g/mol. The minimum Gasteiger partial charge on any atom is -0.688 e. The Balaban J connectivity index is -0.000000405. The molecule has 12 heavy (non-hydrogen) atoms. The van der Waals surface area contributed by atoms with E-state index in [1.165, 1.54) is 25.7 Å². The molecule has 60 valence electrons. The van der Waals surface area contributed by atoms with Gasteiger partial charge >= 0.3 is 37.7 Å². The number of unbranched alkanes of at least 4 members (excludes halogenated alkanes) is 3. The van der Waals surface area contributed by atoms with E-state index >= 15 is 0 Å². The van der Waals surface area contributed by atoms with Crippen LogP contribution in [0.2, 0.25) is 0 Å². The van der Waals surface area contributed by atoms with E-state index in [9.17, 15) is 0 Å². The molecule has 0 N–H and O–H groups in total. The molecule has 0 amide bonds. The van der Waals surface area contributed by atoms with Crippen molar-refractivity contribution in [1.29, 1.82) is 0 Å². The number of hydrogen-bond donors (Lipinski definition) is 0. The molecule has 0 aromatic rings. The first kappa shape index (κ1) is 18.6. The van der Waals surface area contributed by atoms with E-state index in [1.54, 1.807) is 0 Å². The third kappa shape index (κ3) is 17.1. The zero-order valence-corrected chi connectivity index (χ0v) is 8.90. The topological polar surface area (TPSA) is 14.1 Å². The maximum atomic E-state index is 4.19. The zero-order valence-electron chi connectivity index (χ0n) is 8.90. The molecular weight excluding hydrogens is 136 g/mol. The fourth-order valence-corrected chi connectivity index (χ4v) is 0.808. The summed E-state index contributed by atoms with van der Waals surface area (Å²) in [6, 6.07) is 0. The molecule has 0 aromatic heterocycles. The molecule has 0 aliphatic heterocycles. The minimum absolute atomic E-state index is 0. The molecule has 0 aliphatic rings. The molecule has 0 fully saturated rings. The Morgan fingerprint density at radius 1 is 1.17 bits per heavy atom. The molecule has 0 aliphatic carbocycles. The van der Waals surface area contributed by atoms with Gasteiger partial charge in [-0.3, -0.25) is 13.1 Å². The molecular formula is C9H17Li2N. The third-order valence-corrected chi connectivity index (χ3v) is 1.39. The van der Waals surface area contributed by atoms with Crippen LogP contribution < -0.4 is 37.7 Å². The molecule has 0 radical (unpaired) electrons. The van der Waals surface area contributed by atoms with Gasteiger partial charge in [-0.2, -0.15) is 6.54 Å². The Labute approximate surface area is 101 Å². The van der Waals surface area contributed by atoms with Gasteiger partial charge in [0.05, 0.1) is 0 Å². The Kier molecular flexibility index (Phi) is 27.7. The van der Waals surface area contributed by atoms with Gasteiger partial charge in [0.1, 0.15) is 0 Å². The number of nitrogens with zero attached hydrogens (tertiary/aromatic N) is 1. The Bertz CT molecular complexity index is 76.9. The molecule has 0 unspecified atom stereocenters. The second-order valence-electron chi connectivity index (χ2n) is 2.42. The molecule has 1 nitrogen and oxygen atoms in total. The Hall–Kier alpha value is 0.895. The van der Waals surface area contributed by atoms with Crippen LogP contribution in [-0.2, 0) is 0 Å². The van der Waals surface area contributed by atoms with Gasteiger partial charge in [0, 0.05) is 0 Å². The van der Waals surface area contributed by atoms with E-state index < -0.39 is 0 Å².